The smallest absolute Gasteiger partial charge is 0.278 e. The molecule has 0 radical (unpaired) electrons. The summed E-state index contributed by atoms with van der Waals surface area (Å²) in [6.45, 7) is 5.72. The van der Waals surface area contributed by atoms with Crippen LogP contribution in [0.1, 0.15) is 55.8 Å². The molecule has 116 valence electrons. The van der Waals surface area contributed by atoms with Crippen molar-refractivity contribution in [3.8, 4) is 0 Å². The van der Waals surface area contributed by atoms with E-state index in [4.69, 9.17) is 5.73 Å². The van der Waals surface area contributed by atoms with Gasteiger partial charge in [0.2, 0.25) is 0 Å². The molecular formula is C16H25N3O2. The Kier molecular flexibility index (Phi) is 4.61. The van der Waals surface area contributed by atoms with Gasteiger partial charge in [0.15, 0.2) is 0 Å². The van der Waals surface area contributed by atoms with Crippen molar-refractivity contribution in [1.82, 2.24) is 4.98 Å². The lowest BCUT2D eigenvalue weighted by Gasteiger charge is -2.38. The summed E-state index contributed by atoms with van der Waals surface area (Å²) in [4.78, 5) is 15.3. The first-order valence-electron chi connectivity index (χ1n) is 7.74. The average molecular weight is 291 g/mol. The van der Waals surface area contributed by atoms with Crippen molar-refractivity contribution in [1.29, 1.82) is 0 Å². The summed E-state index contributed by atoms with van der Waals surface area (Å²) in [6.07, 6.45) is 7.75. The van der Waals surface area contributed by atoms with E-state index in [9.17, 15) is 10.1 Å². The molecule has 1 aromatic heterocycles. The van der Waals surface area contributed by atoms with Crippen molar-refractivity contribution < 1.29 is 4.92 Å². The molecule has 1 aliphatic rings. The molecule has 0 amide bonds. The number of hydrogen-bond acceptors (Lipinski definition) is 4. The molecule has 0 aliphatic heterocycles. The fourth-order valence-electron chi connectivity index (χ4n) is 3.59. The Hall–Kier alpha value is -1.49. The second-order valence-electron chi connectivity index (χ2n) is 6.53. The van der Waals surface area contributed by atoms with E-state index >= 15 is 0 Å². The number of rotatable bonds is 4. The highest BCUT2D eigenvalue weighted by atomic mass is 16.6. The van der Waals surface area contributed by atoms with Crippen LogP contribution in [-0.2, 0) is 6.42 Å². The van der Waals surface area contributed by atoms with Gasteiger partial charge in [0.25, 0.3) is 5.69 Å². The van der Waals surface area contributed by atoms with E-state index in [-0.39, 0.29) is 16.1 Å². The van der Waals surface area contributed by atoms with Gasteiger partial charge in [0.05, 0.1) is 10.6 Å². The predicted octanol–water partition coefficient (Wildman–Crippen LogP) is 3.45. The molecule has 5 nitrogen and oxygen atoms in total. The quantitative estimate of drug-likeness (QED) is 0.680. The SMILES string of the molecule is CCC1CCCC(N)(Cc2ncc(C)c([N+](=O)[O-])c2C)C1. The van der Waals surface area contributed by atoms with Crippen LogP contribution in [0.25, 0.3) is 0 Å². The molecule has 1 heterocycles. The van der Waals surface area contributed by atoms with Crippen LogP contribution in [0.15, 0.2) is 6.20 Å². The molecule has 2 unspecified atom stereocenters. The van der Waals surface area contributed by atoms with Gasteiger partial charge in [-0.3, -0.25) is 15.1 Å². The molecule has 5 heteroatoms. The van der Waals surface area contributed by atoms with E-state index in [0.29, 0.717) is 23.5 Å². The molecule has 2 rings (SSSR count). The van der Waals surface area contributed by atoms with Crippen LogP contribution < -0.4 is 5.73 Å². The van der Waals surface area contributed by atoms with Crippen molar-refractivity contribution in [2.45, 2.75) is 64.8 Å². The van der Waals surface area contributed by atoms with Crippen molar-refractivity contribution >= 4 is 5.69 Å². The van der Waals surface area contributed by atoms with Gasteiger partial charge >= 0.3 is 0 Å². The Bertz CT molecular complexity index is 545. The van der Waals surface area contributed by atoms with E-state index < -0.39 is 0 Å². The van der Waals surface area contributed by atoms with Crippen LogP contribution in [0.2, 0.25) is 0 Å². The predicted molar refractivity (Wildman–Crippen MR) is 83.2 cm³/mol. The number of pyridine rings is 1. The highest BCUT2D eigenvalue weighted by Crippen LogP contribution is 2.36. The average Bonchev–Trinajstić information content (AvgIpc) is 2.41. The van der Waals surface area contributed by atoms with Gasteiger partial charge < -0.3 is 5.73 Å². The van der Waals surface area contributed by atoms with Gasteiger partial charge in [0.1, 0.15) is 0 Å². The van der Waals surface area contributed by atoms with Crippen LogP contribution in [0, 0.1) is 29.9 Å². The van der Waals surface area contributed by atoms with Crippen molar-refractivity contribution in [3.63, 3.8) is 0 Å². The van der Waals surface area contributed by atoms with E-state index in [1.807, 2.05) is 0 Å². The largest absolute Gasteiger partial charge is 0.325 e. The van der Waals surface area contributed by atoms with Gasteiger partial charge in [-0.2, -0.15) is 0 Å². The normalized spacial score (nSPS) is 25.8. The zero-order valence-electron chi connectivity index (χ0n) is 13.2. The lowest BCUT2D eigenvalue weighted by atomic mass is 9.73. The second kappa shape index (κ2) is 6.10. The van der Waals surface area contributed by atoms with E-state index in [1.165, 1.54) is 6.42 Å². The van der Waals surface area contributed by atoms with Crippen LogP contribution in [0.4, 0.5) is 5.69 Å². The third-order valence-electron chi connectivity index (χ3n) is 4.84. The molecule has 2 atom stereocenters. The summed E-state index contributed by atoms with van der Waals surface area (Å²) in [5.41, 5.74) is 8.57. The molecule has 0 bridgehead atoms. The Morgan fingerprint density at radius 1 is 1.52 bits per heavy atom. The van der Waals surface area contributed by atoms with Gasteiger partial charge in [-0.25, -0.2) is 0 Å². The Morgan fingerprint density at radius 2 is 2.24 bits per heavy atom. The van der Waals surface area contributed by atoms with E-state index in [0.717, 1.165) is 31.4 Å². The van der Waals surface area contributed by atoms with Gasteiger partial charge in [-0.15, -0.1) is 0 Å². The van der Waals surface area contributed by atoms with Crippen molar-refractivity contribution in [3.05, 3.63) is 33.1 Å². The third kappa shape index (κ3) is 3.40. The van der Waals surface area contributed by atoms with E-state index in [2.05, 4.69) is 11.9 Å². The molecule has 2 N–H and O–H groups in total. The maximum absolute atomic E-state index is 11.2. The van der Waals surface area contributed by atoms with Crippen LogP contribution in [0.5, 0.6) is 0 Å². The van der Waals surface area contributed by atoms with Gasteiger partial charge in [-0.05, 0) is 32.6 Å². The molecule has 1 fully saturated rings. The van der Waals surface area contributed by atoms with Crippen LogP contribution >= 0.6 is 0 Å². The number of nitrogens with zero attached hydrogens (tertiary/aromatic N) is 2. The lowest BCUT2D eigenvalue weighted by Crippen LogP contribution is -2.46. The lowest BCUT2D eigenvalue weighted by molar-refractivity contribution is -0.386. The number of aryl methyl sites for hydroxylation is 1. The second-order valence-corrected chi connectivity index (χ2v) is 6.53. The van der Waals surface area contributed by atoms with Crippen molar-refractivity contribution in [2.75, 3.05) is 0 Å². The zero-order valence-corrected chi connectivity index (χ0v) is 13.2. The summed E-state index contributed by atoms with van der Waals surface area (Å²) >= 11 is 0. The minimum Gasteiger partial charge on any atom is -0.325 e. The first-order valence-corrected chi connectivity index (χ1v) is 7.74. The molecule has 0 saturated heterocycles. The summed E-state index contributed by atoms with van der Waals surface area (Å²) in [7, 11) is 0. The Balaban J connectivity index is 2.27. The Labute approximate surface area is 126 Å². The maximum Gasteiger partial charge on any atom is 0.278 e. The molecule has 0 aromatic carbocycles. The molecule has 1 aromatic rings. The summed E-state index contributed by atoms with van der Waals surface area (Å²) in [5.74, 6) is 0.671. The maximum atomic E-state index is 11.2. The molecule has 0 spiro atoms. The molecule has 1 aliphatic carbocycles. The number of hydrogen-bond donors (Lipinski definition) is 1. The zero-order chi connectivity index (χ0) is 15.6. The number of nitrogens with two attached hydrogens (primary N) is 1. The standard InChI is InChI=1S/C16H25N3O2/c1-4-13-6-5-7-16(17,8-13)9-14-12(3)15(19(20)21)11(2)10-18-14/h10,13H,4-9,17H2,1-3H3. The fourth-order valence-corrected chi connectivity index (χ4v) is 3.59. The molecule has 1 saturated carbocycles. The fraction of sp³-hybridized carbons (Fsp3) is 0.688. The van der Waals surface area contributed by atoms with Crippen molar-refractivity contribution in [2.24, 2.45) is 11.7 Å². The first-order chi connectivity index (χ1) is 9.86. The van der Waals surface area contributed by atoms with E-state index in [1.54, 1.807) is 20.0 Å². The summed E-state index contributed by atoms with van der Waals surface area (Å²) in [6, 6.07) is 0. The third-order valence-corrected chi connectivity index (χ3v) is 4.84. The minimum absolute atomic E-state index is 0.187. The van der Waals surface area contributed by atoms with Crippen LogP contribution in [-0.4, -0.2) is 15.4 Å². The molecular weight excluding hydrogens is 266 g/mol. The monoisotopic (exact) mass is 291 g/mol. The number of nitro groups is 1. The molecule has 21 heavy (non-hydrogen) atoms. The summed E-state index contributed by atoms with van der Waals surface area (Å²) in [5, 5.41) is 11.2. The van der Waals surface area contributed by atoms with Gasteiger partial charge in [0, 0.05) is 29.3 Å². The van der Waals surface area contributed by atoms with Crippen LogP contribution in [0.3, 0.4) is 0 Å². The number of aromatic nitrogens is 1. The topological polar surface area (TPSA) is 82.0 Å². The highest BCUT2D eigenvalue weighted by Gasteiger charge is 2.34. The summed E-state index contributed by atoms with van der Waals surface area (Å²) < 4.78 is 0. The Morgan fingerprint density at radius 3 is 2.86 bits per heavy atom. The minimum atomic E-state index is -0.311. The first kappa shape index (κ1) is 15.9. The highest BCUT2D eigenvalue weighted by molar-refractivity contribution is 5.47. The van der Waals surface area contributed by atoms with Gasteiger partial charge in [-0.1, -0.05) is 26.2 Å².